The first-order valence-corrected chi connectivity index (χ1v) is 9.89. The molecule has 2 aliphatic rings. The Morgan fingerprint density at radius 1 is 1.27 bits per heavy atom. The highest BCUT2D eigenvalue weighted by Crippen LogP contribution is 2.30. The van der Waals surface area contributed by atoms with Gasteiger partial charge in [-0.05, 0) is 25.0 Å². The smallest absolute Gasteiger partial charge is 0.305 e. The maximum atomic E-state index is 12.4. The molecule has 1 amide bonds. The molecule has 0 bridgehead atoms. The van der Waals surface area contributed by atoms with Gasteiger partial charge in [0.1, 0.15) is 4.90 Å². The van der Waals surface area contributed by atoms with Gasteiger partial charge in [-0.15, -0.1) is 4.40 Å². The van der Waals surface area contributed by atoms with E-state index in [1.807, 2.05) is 4.90 Å². The standard InChI is InChI=1S/C17H21N3O5S/c1-19(9-8-15(21)22)17(23)12-6-10-20(11-7-12)16-13-4-2-3-5-14(13)26(24,25)18-16/h2-5,12H,6-11H2,1H3,(H,21,22). The number of fused-ring (bicyclic) bond motifs is 1. The van der Waals surface area contributed by atoms with Crippen LogP contribution in [0.25, 0.3) is 0 Å². The fraction of sp³-hybridized carbons (Fsp3) is 0.471. The van der Waals surface area contributed by atoms with Crippen LogP contribution < -0.4 is 0 Å². The van der Waals surface area contributed by atoms with Gasteiger partial charge in [0.05, 0.1) is 6.42 Å². The van der Waals surface area contributed by atoms with E-state index in [4.69, 9.17) is 5.11 Å². The predicted octanol–water partition coefficient (Wildman–Crippen LogP) is 0.781. The molecule has 1 N–H and O–H groups in total. The molecule has 3 rings (SSSR count). The molecule has 0 aliphatic carbocycles. The van der Waals surface area contributed by atoms with E-state index in [2.05, 4.69) is 4.40 Å². The molecule has 2 heterocycles. The normalized spacial score (nSPS) is 19.0. The second kappa shape index (κ2) is 7.06. The van der Waals surface area contributed by atoms with Crippen molar-refractivity contribution in [2.24, 2.45) is 10.3 Å². The topological polar surface area (TPSA) is 107 Å². The average Bonchev–Trinajstić information content (AvgIpc) is 2.91. The van der Waals surface area contributed by atoms with Crippen molar-refractivity contribution in [3.8, 4) is 0 Å². The second-order valence-corrected chi connectivity index (χ2v) is 8.12. The number of sulfonamides is 1. The largest absolute Gasteiger partial charge is 0.481 e. The van der Waals surface area contributed by atoms with Gasteiger partial charge in [-0.1, -0.05) is 12.1 Å². The molecular weight excluding hydrogens is 358 g/mol. The van der Waals surface area contributed by atoms with Gasteiger partial charge in [-0.25, -0.2) is 0 Å². The van der Waals surface area contributed by atoms with Gasteiger partial charge in [0.2, 0.25) is 5.91 Å². The zero-order valence-electron chi connectivity index (χ0n) is 14.5. The summed E-state index contributed by atoms with van der Waals surface area (Å²) in [6.45, 7) is 1.25. The Morgan fingerprint density at radius 2 is 1.92 bits per heavy atom. The zero-order chi connectivity index (χ0) is 18.9. The van der Waals surface area contributed by atoms with Crippen LogP contribution in [0, 0.1) is 5.92 Å². The van der Waals surface area contributed by atoms with Crippen LogP contribution in [0.15, 0.2) is 33.6 Å². The zero-order valence-corrected chi connectivity index (χ0v) is 15.3. The predicted molar refractivity (Wildman–Crippen MR) is 94.4 cm³/mol. The quantitative estimate of drug-likeness (QED) is 0.828. The number of carbonyl (C=O) groups is 2. The third-order valence-electron chi connectivity index (χ3n) is 4.79. The van der Waals surface area contributed by atoms with E-state index in [-0.39, 0.29) is 29.7 Å². The number of rotatable bonds is 4. The van der Waals surface area contributed by atoms with Crippen LogP contribution in [0.5, 0.6) is 0 Å². The minimum Gasteiger partial charge on any atom is -0.481 e. The lowest BCUT2D eigenvalue weighted by molar-refractivity contribution is -0.139. The number of piperidine rings is 1. The summed E-state index contributed by atoms with van der Waals surface area (Å²) in [6.07, 6.45) is 1.08. The molecule has 26 heavy (non-hydrogen) atoms. The van der Waals surface area contributed by atoms with E-state index in [1.54, 1.807) is 31.3 Å². The molecule has 9 heteroatoms. The molecule has 2 aliphatic heterocycles. The number of hydrogen-bond acceptors (Lipinski definition) is 5. The Balaban J connectivity index is 1.65. The monoisotopic (exact) mass is 379 g/mol. The van der Waals surface area contributed by atoms with Gasteiger partial charge in [0, 0.05) is 38.2 Å². The molecule has 1 saturated heterocycles. The van der Waals surface area contributed by atoms with Crippen molar-refractivity contribution in [3.05, 3.63) is 29.8 Å². The van der Waals surface area contributed by atoms with Crippen molar-refractivity contribution in [1.82, 2.24) is 9.80 Å². The number of nitrogens with zero attached hydrogens (tertiary/aromatic N) is 3. The summed E-state index contributed by atoms with van der Waals surface area (Å²) in [7, 11) is -2.03. The summed E-state index contributed by atoms with van der Waals surface area (Å²) in [5.74, 6) is -0.726. The maximum Gasteiger partial charge on any atom is 0.305 e. The number of aliphatic carboxylic acids is 1. The highest BCUT2D eigenvalue weighted by atomic mass is 32.2. The van der Waals surface area contributed by atoms with E-state index < -0.39 is 16.0 Å². The Hall–Kier alpha value is -2.42. The van der Waals surface area contributed by atoms with Crippen LogP contribution in [0.1, 0.15) is 24.8 Å². The van der Waals surface area contributed by atoms with Crippen molar-refractivity contribution < 1.29 is 23.1 Å². The van der Waals surface area contributed by atoms with Crippen LogP contribution in [-0.4, -0.2) is 67.7 Å². The molecule has 0 radical (unpaired) electrons. The Kier molecular flexibility index (Phi) is 4.99. The van der Waals surface area contributed by atoms with E-state index in [9.17, 15) is 18.0 Å². The first-order chi connectivity index (χ1) is 12.3. The van der Waals surface area contributed by atoms with Crippen LogP contribution in [-0.2, 0) is 19.6 Å². The minimum atomic E-state index is -3.65. The number of carbonyl (C=O) groups excluding carboxylic acids is 1. The number of likely N-dealkylation sites (tertiary alicyclic amines) is 1. The van der Waals surface area contributed by atoms with Gasteiger partial charge >= 0.3 is 5.97 Å². The van der Waals surface area contributed by atoms with E-state index >= 15 is 0 Å². The highest BCUT2D eigenvalue weighted by molar-refractivity contribution is 7.90. The molecule has 1 aromatic rings. The Bertz CT molecular complexity index is 857. The highest BCUT2D eigenvalue weighted by Gasteiger charge is 2.34. The number of carboxylic acids is 1. The molecule has 1 aromatic carbocycles. The fourth-order valence-corrected chi connectivity index (χ4v) is 4.57. The molecule has 0 saturated carbocycles. The molecule has 8 nitrogen and oxygen atoms in total. The van der Waals surface area contributed by atoms with Gasteiger partial charge in [0.25, 0.3) is 10.0 Å². The molecule has 1 fully saturated rings. The van der Waals surface area contributed by atoms with Crippen molar-refractivity contribution in [2.75, 3.05) is 26.7 Å². The molecule has 140 valence electrons. The first kappa shape index (κ1) is 18.4. The van der Waals surface area contributed by atoms with Gasteiger partial charge in [-0.2, -0.15) is 8.42 Å². The number of hydrogen-bond donors (Lipinski definition) is 1. The number of amidine groups is 1. The van der Waals surface area contributed by atoms with Gasteiger partial charge in [-0.3, -0.25) is 9.59 Å². The Morgan fingerprint density at radius 3 is 2.58 bits per heavy atom. The summed E-state index contributed by atoms with van der Waals surface area (Å²) in [5, 5.41) is 8.73. The summed E-state index contributed by atoms with van der Waals surface area (Å²) in [4.78, 5) is 26.7. The van der Waals surface area contributed by atoms with Crippen molar-refractivity contribution in [1.29, 1.82) is 0 Å². The number of benzene rings is 1. The van der Waals surface area contributed by atoms with Crippen LogP contribution in [0.4, 0.5) is 0 Å². The maximum absolute atomic E-state index is 12.4. The first-order valence-electron chi connectivity index (χ1n) is 8.45. The molecule has 0 aromatic heterocycles. The molecule has 0 spiro atoms. The summed E-state index contributed by atoms with van der Waals surface area (Å²) in [6, 6.07) is 6.75. The third kappa shape index (κ3) is 3.57. The summed E-state index contributed by atoms with van der Waals surface area (Å²) >= 11 is 0. The number of carboxylic acid groups (broad SMARTS) is 1. The lowest BCUT2D eigenvalue weighted by Gasteiger charge is -2.34. The number of amides is 1. The summed E-state index contributed by atoms with van der Waals surface area (Å²) < 4.78 is 28.3. The van der Waals surface area contributed by atoms with Crippen molar-refractivity contribution in [3.63, 3.8) is 0 Å². The molecule has 0 atom stereocenters. The lowest BCUT2D eigenvalue weighted by Crippen LogP contribution is -2.43. The van der Waals surface area contributed by atoms with E-state index in [0.717, 1.165) is 0 Å². The Labute approximate surface area is 152 Å². The fourth-order valence-electron chi connectivity index (χ4n) is 3.34. The average molecular weight is 379 g/mol. The van der Waals surface area contributed by atoms with E-state index in [0.29, 0.717) is 37.3 Å². The SMILES string of the molecule is CN(CCC(=O)O)C(=O)C1CCN(C2=NS(=O)(=O)c3ccccc32)CC1. The lowest BCUT2D eigenvalue weighted by atomic mass is 9.94. The van der Waals surface area contributed by atoms with Crippen LogP contribution in [0.2, 0.25) is 0 Å². The second-order valence-electron chi connectivity index (χ2n) is 6.55. The van der Waals surface area contributed by atoms with Gasteiger partial charge in [0.15, 0.2) is 5.84 Å². The van der Waals surface area contributed by atoms with Crippen LogP contribution >= 0.6 is 0 Å². The van der Waals surface area contributed by atoms with Gasteiger partial charge < -0.3 is 14.9 Å². The van der Waals surface area contributed by atoms with Crippen molar-refractivity contribution >= 4 is 27.7 Å². The van der Waals surface area contributed by atoms with E-state index in [1.165, 1.54) is 4.90 Å². The minimum absolute atomic E-state index is 0.0627. The van der Waals surface area contributed by atoms with Crippen LogP contribution in [0.3, 0.4) is 0 Å². The third-order valence-corrected chi connectivity index (χ3v) is 6.12. The molecule has 0 unspecified atom stereocenters. The summed E-state index contributed by atoms with van der Waals surface area (Å²) in [5.41, 5.74) is 0.607. The van der Waals surface area contributed by atoms with Crippen molar-refractivity contribution in [2.45, 2.75) is 24.2 Å². The molecular formula is C17H21N3O5S.